The number of amides is 1. The van der Waals surface area contributed by atoms with E-state index in [0.29, 0.717) is 60.6 Å². The smallest absolute Gasteiger partial charge is 0.251 e. The number of aryl methyl sites for hydroxylation is 1. The summed E-state index contributed by atoms with van der Waals surface area (Å²) in [5.41, 5.74) is 1.41. The van der Waals surface area contributed by atoms with Crippen molar-refractivity contribution in [1.29, 1.82) is 0 Å². The molecule has 1 N–H and O–H groups in total. The third-order valence-corrected chi connectivity index (χ3v) is 10.0. The Morgan fingerprint density at radius 3 is 2.60 bits per heavy atom. The molecule has 166 valence electrons. The van der Waals surface area contributed by atoms with Crippen molar-refractivity contribution >= 4 is 15.9 Å². The second-order valence-electron chi connectivity index (χ2n) is 9.87. The van der Waals surface area contributed by atoms with Gasteiger partial charge in [-0.25, -0.2) is 8.42 Å². The highest BCUT2D eigenvalue weighted by Crippen LogP contribution is 2.57. The summed E-state index contributed by atoms with van der Waals surface area (Å²) in [4.78, 5) is 13.3. The number of hydrogen-bond donors (Lipinski definition) is 1. The summed E-state index contributed by atoms with van der Waals surface area (Å²) in [6.07, 6.45) is 3.47. The number of carbonyl (C=O) groups is 1. The van der Waals surface area contributed by atoms with E-state index in [2.05, 4.69) is 26.1 Å². The predicted octanol–water partition coefficient (Wildman–Crippen LogP) is 3.21. The van der Waals surface area contributed by atoms with Crippen molar-refractivity contribution in [2.45, 2.75) is 57.9 Å². The maximum absolute atomic E-state index is 13.1. The van der Waals surface area contributed by atoms with Gasteiger partial charge in [0.2, 0.25) is 10.0 Å². The second-order valence-corrected chi connectivity index (χ2v) is 11.8. The van der Waals surface area contributed by atoms with Crippen LogP contribution in [0.4, 0.5) is 0 Å². The maximum atomic E-state index is 13.1. The third kappa shape index (κ3) is 3.69. The van der Waals surface area contributed by atoms with Crippen LogP contribution in [-0.4, -0.2) is 51.0 Å². The summed E-state index contributed by atoms with van der Waals surface area (Å²) in [6, 6.07) is 5.15. The molecule has 3 fully saturated rings. The van der Waals surface area contributed by atoms with Gasteiger partial charge >= 0.3 is 0 Å². The summed E-state index contributed by atoms with van der Waals surface area (Å²) in [6.45, 7) is 10.2. The molecule has 1 amide bonds. The van der Waals surface area contributed by atoms with E-state index in [0.717, 1.165) is 6.42 Å². The Hall–Kier alpha value is -1.44. The van der Waals surface area contributed by atoms with Gasteiger partial charge < -0.3 is 10.1 Å². The molecule has 1 aromatic carbocycles. The van der Waals surface area contributed by atoms with Crippen molar-refractivity contribution in [3.05, 3.63) is 29.3 Å². The zero-order valence-corrected chi connectivity index (χ0v) is 19.3. The first-order valence-corrected chi connectivity index (χ1v) is 12.6. The summed E-state index contributed by atoms with van der Waals surface area (Å²) >= 11 is 0. The van der Waals surface area contributed by atoms with Crippen LogP contribution in [0.1, 0.15) is 56.0 Å². The van der Waals surface area contributed by atoms with Crippen LogP contribution >= 0.6 is 0 Å². The minimum atomic E-state index is -3.64. The van der Waals surface area contributed by atoms with Crippen LogP contribution in [0.3, 0.4) is 0 Å². The average Bonchev–Trinajstić information content (AvgIpc) is 2.89. The Kier molecular flexibility index (Phi) is 5.75. The topological polar surface area (TPSA) is 75.7 Å². The van der Waals surface area contributed by atoms with E-state index < -0.39 is 10.0 Å². The number of ether oxygens (including phenoxy) is 1. The standard InChI is InChI=1S/C23H34N2O4S/c1-15-5-6-17(13-21(15)30(27,28)25-9-11-29-12-10-25)22(26)24-20-14-18-7-8-19(16(20)2)23(18,3)4/h5-6,13,16,18-20H,7-12,14H2,1-4H3,(H,24,26)/t16-,18+,19-,20-/m1/s1. The van der Waals surface area contributed by atoms with Crippen molar-refractivity contribution in [1.82, 2.24) is 9.62 Å². The van der Waals surface area contributed by atoms with Gasteiger partial charge in [0, 0.05) is 24.7 Å². The number of fused-ring (bicyclic) bond motifs is 2. The molecule has 30 heavy (non-hydrogen) atoms. The molecule has 1 saturated heterocycles. The lowest BCUT2D eigenvalue weighted by atomic mass is 9.62. The second kappa shape index (κ2) is 7.92. The van der Waals surface area contributed by atoms with Gasteiger partial charge in [0.1, 0.15) is 0 Å². The number of nitrogens with one attached hydrogen (secondary N) is 1. The molecule has 2 bridgehead atoms. The first-order valence-electron chi connectivity index (χ1n) is 11.1. The van der Waals surface area contributed by atoms with Crippen molar-refractivity contribution < 1.29 is 17.9 Å². The quantitative estimate of drug-likeness (QED) is 0.790. The number of carbonyl (C=O) groups excluding carboxylic acids is 1. The normalized spacial score (nSPS) is 31.5. The van der Waals surface area contributed by atoms with E-state index in [4.69, 9.17) is 4.74 Å². The molecule has 0 aromatic heterocycles. The van der Waals surface area contributed by atoms with Crippen LogP contribution in [0.5, 0.6) is 0 Å². The average molecular weight is 435 g/mol. The van der Waals surface area contributed by atoms with E-state index in [1.807, 2.05) is 0 Å². The lowest BCUT2D eigenvalue weighted by Crippen LogP contribution is -2.50. The lowest BCUT2D eigenvalue weighted by Gasteiger charge is -2.46. The Bertz CT molecular complexity index is 921. The lowest BCUT2D eigenvalue weighted by molar-refractivity contribution is 0.0465. The van der Waals surface area contributed by atoms with E-state index >= 15 is 0 Å². The molecular formula is C23H34N2O4S. The highest BCUT2D eigenvalue weighted by molar-refractivity contribution is 7.89. The molecule has 0 radical (unpaired) electrons. The van der Waals surface area contributed by atoms with Crippen molar-refractivity contribution in [2.75, 3.05) is 26.3 Å². The van der Waals surface area contributed by atoms with Crippen LogP contribution in [0.25, 0.3) is 0 Å². The van der Waals surface area contributed by atoms with Crippen LogP contribution in [0.2, 0.25) is 0 Å². The van der Waals surface area contributed by atoms with Crippen LogP contribution in [0, 0.1) is 30.1 Å². The zero-order chi connectivity index (χ0) is 21.7. The molecule has 2 aliphatic carbocycles. The molecule has 7 heteroatoms. The van der Waals surface area contributed by atoms with Gasteiger partial charge in [0.05, 0.1) is 18.1 Å². The van der Waals surface area contributed by atoms with E-state index in [9.17, 15) is 13.2 Å². The molecule has 3 aliphatic rings. The minimum Gasteiger partial charge on any atom is -0.379 e. The highest BCUT2D eigenvalue weighted by Gasteiger charge is 2.51. The number of nitrogens with zero attached hydrogens (tertiary/aromatic N) is 1. The third-order valence-electron chi connectivity index (χ3n) is 8.00. The van der Waals surface area contributed by atoms with Crippen LogP contribution in [0.15, 0.2) is 23.1 Å². The van der Waals surface area contributed by atoms with Gasteiger partial charge in [-0.3, -0.25) is 4.79 Å². The highest BCUT2D eigenvalue weighted by atomic mass is 32.2. The van der Waals surface area contributed by atoms with Crippen molar-refractivity contribution in [3.8, 4) is 0 Å². The minimum absolute atomic E-state index is 0.142. The number of rotatable bonds is 4. The summed E-state index contributed by atoms with van der Waals surface area (Å²) < 4.78 is 33.0. The molecular weight excluding hydrogens is 400 g/mol. The number of sulfonamides is 1. The monoisotopic (exact) mass is 434 g/mol. The molecule has 4 atom stereocenters. The van der Waals surface area contributed by atoms with E-state index in [-0.39, 0.29) is 16.8 Å². The molecule has 1 heterocycles. The summed E-state index contributed by atoms with van der Waals surface area (Å²) in [5.74, 6) is 1.50. The Balaban J connectivity index is 1.54. The number of hydrogen-bond acceptors (Lipinski definition) is 4. The van der Waals surface area contributed by atoms with Crippen LogP contribution < -0.4 is 5.32 Å². The molecule has 0 spiro atoms. The van der Waals surface area contributed by atoms with Gasteiger partial charge in [-0.2, -0.15) is 4.31 Å². The zero-order valence-electron chi connectivity index (χ0n) is 18.5. The molecule has 1 aliphatic heterocycles. The molecule has 4 rings (SSSR count). The van der Waals surface area contributed by atoms with Gasteiger partial charge in [0.25, 0.3) is 5.91 Å². The van der Waals surface area contributed by atoms with E-state index in [1.54, 1.807) is 25.1 Å². The molecule has 0 unspecified atom stereocenters. The van der Waals surface area contributed by atoms with E-state index in [1.165, 1.54) is 17.1 Å². The molecule has 1 aromatic rings. The number of morpholine rings is 1. The van der Waals surface area contributed by atoms with Crippen molar-refractivity contribution in [2.24, 2.45) is 23.2 Å². The van der Waals surface area contributed by atoms with Crippen molar-refractivity contribution in [3.63, 3.8) is 0 Å². The molecule has 6 nitrogen and oxygen atoms in total. The fourth-order valence-electron chi connectivity index (χ4n) is 5.98. The predicted molar refractivity (Wildman–Crippen MR) is 116 cm³/mol. The maximum Gasteiger partial charge on any atom is 0.251 e. The summed E-state index contributed by atoms with van der Waals surface area (Å²) in [7, 11) is -3.64. The number of benzene rings is 1. The fourth-order valence-corrected chi connectivity index (χ4v) is 7.64. The Morgan fingerprint density at radius 2 is 1.90 bits per heavy atom. The largest absolute Gasteiger partial charge is 0.379 e. The van der Waals surface area contributed by atoms with Crippen LogP contribution in [-0.2, 0) is 14.8 Å². The van der Waals surface area contributed by atoms with Gasteiger partial charge in [-0.1, -0.05) is 26.8 Å². The fraction of sp³-hybridized carbons (Fsp3) is 0.696. The SMILES string of the molecule is Cc1ccc(C(=O)N[C@@H]2C[C@@H]3CC[C@H]([C@H]2C)C3(C)C)cc1S(=O)(=O)N1CCOCC1. The first kappa shape index (κ1) is 21.8. The molecule has 2 saturated carbocycles. The van der Waals surface area contributed by atoms with Gasteiger partial charge in [-0.05, 0) is 67.1 Å². The summed E-state index contributed by atoms with van der Waals surface area (Å²) in [5, 5.41) is 3.23. The van der Waals surface area contributed by atoms with Gasteiger partial charge in [0.15, 0.2) is 0 Å². The van der Waals surface area contributed by atoms with Gasteiger partial charge in [-0.15, -0.1) is 0 Å². The first-order chi connectivity index (χ1) is 14.1. The Morgan fingerprint density at radius 1 is 1.20 bits per heavy atom. The Labute approximate surface area is 180 Å².